The molecule has 2 aromatic rings. The van der Waals surface area contributed by atoms with Crippen LogP contribution in [-0.4, -0.2) is 4.98 Å². The van der Waals surface area contributed by atoms with Crippen LogP contribution in [0.25, 0.3) is 10.2 Å². The van der Waals surface area contributed by atoms with Crippen molar-refractivity contribution in [1.29, 1.82) is 0 Å². The molecule has 0 aliphatic rings. The summed E-state index contributed by atoms with van der Waals surface area (Å²) in [6.45, 7) is 2.09. The van der Waals surface area contributed by atoms with Crippen LogP contribution in [-0.2, 0) is 6.42 Å². The normalized spacial score (nSPS) is 10.8. The summed E-state index contributed by atoms with van der Waals surface area (Å²) in [7, 11) is 0. The van der Waals surface area contributed by atoms with Gasteiger partial charge in [0.2, 0.25) is 0 Å². The van der Waals surface area contributed by atoms with Crippen molar-refractivity contribution in [3.05, 3.63) is 33.4 Å². The van der Waals surface area contributed by atoms with Gasteiger partial charge in [0.25, 0.3) is 0 Å². The number of pyridine rings is 1. The molecule has 0 amide bonds. The molecule has 0 unspecified atom stereocenters. The number of fused-ring (bicyclic) bond motifs is 1. The van der Waals surface area contributed by atoms with Crippen molar-refractivity contribution in [1.82, 2.24) is 4.98 Å². The SMILES string of the molecule is CCc1cc2c(=O)cc[nH]c2s1. The first-order valence-corrected chi connectivity index (χ1v) is 4.73. The van der Waals surface area contributed by atoms with E-state index in [0.717, 1.165) is 16.6 Å². The average Bonchev–Trinajstić information content (AvgIpc) is 2.49. The van der Waals surface area contributed by atoms with Crippen molar-refractivity contribution >= 4 is 21.6 Å². The maximum Gasteiger partial charge on any atom is 0.190 e. The second-order valence-corrected chi connectivity index (χ2v) is 3.79. The van der Waals surface area contributed by atoms with Gasteiger partial charge in [0, 0.05) is 17.1 Å². The van der Waals surface area contributed by atoms with E-state index in [1.54, 1.807) is 23.6 Å². The highest BCUT2D eigenvalue weighted by Gasteiger charge is 2.01. The molecule has 1 N–H and O–H groups in total. The van der Waals surface area contributed by atoms with Gasteiger partial charge in [-0.2, -0.15) is 0 Å². The molecule has 2 rings (SSSR count). The first-order valence-electron chi connectivity index (χ1n) is 3.91. The van der Waals surface area contributed by atoms with Gasteiger partial charge in [-0.1, -0.05) is 6.92 Å². The minimum atomic E-state index is 0.111. The predicted octanol–water partition coefficient (Wildman–Crippen LogP) is 2.15. The molecular formula is C9H9NOS. The number of aromatic nitrogens is 1. The van der Waals surface area contributed by atoms with Gasteiger partial charge < -0.3 is 4.98 Å². The maximum absolute atomic E-state index is 11.3. The van der Waals surface area contributed by atoms with E-state index in [0.29, 0.717) is 0 Å². The standard InChI is InChI=1S/C9H9NOS/c1-2-6-5-7-8(11)3-4-10-9(7)12-6/h3-5H,2H2,1H3,(H,10,11). The Bertz CT molecular complexity index is 455. The molecule has 2 aromatic heterocycles. The van der Waals surface area contributed by atoms with E-state index >= 15 is 0 Å². The maximum atomic E-state index is 11.3. The zero-order valence-electron chi connectivity index (χ0n) is 6.76. The third-order valence-electron chi connectivity index (χ3n) is 1.85. The van der Waals surface area contributed by atoms with E-state index in [-0.39, 0.29) is 5.43 Å². The molecule has 0 radical (unpaired) electrons. The molecule has 0 aliphatic heterocycles. The summed E-state index contributed by atoms with van der Waals surface area (Å²) in [5, 5.41) is 0.819. The number of H-pyrrole nitrogens is 1. The highest BCUT2D eigenvalue weighted by molar-refractivity contribution is 7.18. The van der Waals surface area contributed by atoms with Gasteiger partial charge in [0.1, 0.15) is 4.83 Å². The third kappa shape index (κ3) is 1.06. The van der Waals surface area contributed by atoms with Gasteiger partial charge in [-0.15, -0.1) is 11.3 Å². The minimum Gasteiger partial charge on any atom is -0.353 e. The van der Waals surface area contributed by atoms with Crippen molar-refractivity contribution in [2.45, 2.75) is 13.3 Å². The molecule has 0 saturated carbocycles. The topological polar surface area (TPSA) is 32.9 Å². The van der Waals surface area contributed by atoms with E-state index in [4.69, 9.17) is 0 Å². The first kappa shape index (κ1) is 7.55. The summed E-state index contributed by atoms with van der Waals surface area (Å²) in [4.78, 5) is 16.6. The molecule has 0 aromatic carbocycles. The van der Waals surface area contributed by atoms with Crippen LogP contribution >= 0.6 is 11.3 Å². The summed E-state index contributed by atoms with van der Waals surface area (Å²) in [6.07, 6.45) is 2.69. The van der Waals surface area contributed by atoms with Crippen LogP contribution in [0.1, 0.15) is 11.8 Å². The number of hydrogen-bond donors (Lipinski definition) is 1. The number of thiophene rings is 1. The Morgan fingerprint density at radius 1 is 1.58 bits per heavy atom. The van der Waals surface area contributed by atoms with Crippen LogP contribution in [0.5, 0.6) is 0 Å². The van der Waals surface area contributed by atoms with Crippen molar-refractivity contribution in [2.75, 3.05) is 0 Å². The van der Waals surface area contributed by atoms with Gasteiger partial charge in [0.05, 0.1) is 5.39 Å². The third-order valence-corrected chi connectivity index (χ3v) is 3.06. The number of rotatable bonds is 1. The lowest BCUT2D eigenvalue weighted by molar-refractivity contribution is 1.19. The monoisotopic (exact) mass is 179 g/mol. The Kier molecular flexibility index (Phi) is 1.73. The minimum absolute atomic E-state index is 0.111. The van der Waals surface area contributed by atoms with Crippen molar-refractivity contribution in [3.63, 3.8) is 0 Å². The largest absolute Gasteiger partial charge is 0.353 e. The van der Waals surface area contributed by atoms with E-state index in [1.165, 1.54) is 4.88 Å². The van der Waals surface area contributed by atoms with Gasteiger partial charge in [-0.25, -0.2) is 0 Å². The molecule has 2 nitrogen and oxygen atoms in total. The number of aromatic amines is 1. The van der Waals surface area contributed by atoms with Crippen molar-refractivity contribution in [2.24, 2.45) is 0 Å². The van der Waals surface area contributed by atoms with Gasteiger partial charge in [0.15, 0.2) is 5.43 Å². The van der Waals surface area contributed by atoms with Crippen LogP contribution in [0.4, 0.5) is 0 Å². The number of nitrogens with one attached hydrogen (secondary N) is 1. The fourth-order valence-electron chi connectivity index (χ4n) is 1.19. The summed E-state index contributed by atoms with van der Waals surface area (Å²) in [5.41, 5.74) is 0.111. The average molecular weight is 179 g/mol. The Balaban J connectivity index is 2.83. The molecule has 0 bridgehead atoms. The van der Waals surface area contributed by atoms with Gasteiger partial charge in [-0.3, -0.25) is 4.79 Å². The summed E-state index contributed by atoms with van der Waals surface area (Å²) >= 11 is 1.66. The highest BCUT2D eigenvalue weighted by atomic mass is 32.1. The van der Waals surface area contributed by atoms with Crippen LogP contribution < -0.4 is 5.43 Å². The molecule has 0 atom stereocenters. The molecule has 3 heteroatoms. The summed E-state index contributed by atoms with van der Waals surface area (Å²) in [6, 6.07) is 3.54. The zero-order chi connectivity index (χ0) is 8.55. The van der Waals surface area contributed by atoms with Crippen LogP contribution in [0, 0.1) is 0 Å². The lowest BCUT2D eigenvalue weighted by atomic mass is 10.3. The second kappa shape index (κ2) is 2.75. The number of aryl methyl sites for hydroxylation is 1. The lowest BCUT2D eigenvalue weighted by Gasteiger charge is -1.84. The molecule has 62 valence electrons. The fraction of sp³-hybridized carbons (Fsp3) is 0.222. The quantitative estimate of drug-likeness (QED) is 0.714. The van der Waals surface area contributed by atoms with Crippen molar-refractivity contribution in [3.8, 4) is 0 Å². The Morgan fingerprint density at radius 2 is 2.42 bits per heavy atom. The Morgan fingerprint density at radius 3 is 3.08 bits per heavy atom. The molecule has 0 aliphatic carbocycles. The second-order valence-electron chi connectivity index (χ2n) is 2.65. The smallest absolute Gasteiger partial charge is 0.190 e. The van der Waals surface area contributed by atoms with E-state index in [1.807, 2.05) is 6.07 Å². The summed E-state index contributed by atoms with van der Waals surface area (Å²) < 4.78 is 0. The van der Waals surface area contributed by atoms with Crippen LogP contribution in [0.15, 0.2) is 23.1 Å². The zero-order valence-corrected chi connectivity index (χ0v) is 7.57. The molecule has 0 fully saturated rings. The highest BCUT2D eigenvalue weighted by Crippen LogP contribution is 2.20. The van der Waals surface area contributed by atoms with E-state index in [2.05, 4.69) is 11.9 Å². The van der Waals surface area contributed by atoms with E-state index in [9.17, 15) is 4.79 Å². The first-order chi connectivity index (χ1) is 5.81. The van der Waals surface area contributed by atoms with Crippen LogP contribution in [0.3, 0.4) is 0 Å². The van der Waals surface area contributed by atoms with E-state index < -0.39 is 0 Å². The molecule has 0 saturated heterocycles. The number of hydrogen-bond acceptors (Lipinski definition) is 2. The lowest BCUT2D eigenvalue weighted by Crippen LogP contribution is -1.96. The fourth-order valence-corrected chi connectivity index (χ4v) is 2.17. The van der Waals surface area contributed by atoms with Crippen molar-refractivity contribution < 1.29 is 0 Å². The predicted molar refractivity (Wildman–Crippen MR) is 51.8 cm³/mol. The Hall–Kier alpha value is -1.09. The molecule has 2 heterocycles. The van der Waals surface area contributed by atoms with Gasteiger partial charge >= 0.3 is 0 Å². The molecular weight excluding hydrogens is 170 g/mol. The Labute approximate surface area is 73.9 Å². The van der Waals surface area contributed by atoms with Crippen LogP contribution in [0.2, 0.25) is 0 Å². The molecule has 12 heavy (non-hydrogen) atoms. The summed E-state index contributed by atoms with van der Waals surface area (Å²) in [5.74, 6) is 0. The molecule has 0 spiro atoms. The van der Waals surface area contributed by atoms with Gasteiger partial charge in [-0.05, 0) is 12.5 Å².